The smallest absolute Gasteiger partial charge is 0.0765 e. The van der Waals surface area contributed by atoms with Crippen molar-refractivity contribution < 1.29 is 5.11 Å². The second-order valence-corrected chi connectivity index (χ2v) is 5.63. The van der Waals surface area contributed by atoms with Gasteiger partial charge >= 0.3 is 0 Å². The zero-order chi connectivity index (χ0) is 13.8. The van der Waals surface area contributed by atoms with E-state index in [0.29, 0.717) is 6.54 Å². The minimum Gasteiger partial charge on any atom is -0.389 e. The van der Waals surface area contributed by atoms with Crippen molar-refractivity contribution in [2.75, 3.05) is 25.0 Å². The fraction of sp³-hybridized carbons (Fsp3) is 0.571. The molecular weight excluding hydrogens is 248 g/mol. The number of hydrogen-bond donors (Lipinski definition) is 2. The molecule has 102 valence electrons. The topological polar surface area (TPSA) is 35.5 Å². The summed E-state index contributed by atoms with van der Waals surface area (Å²) in [5.41, 5.74) is 1.39. The van der Waals surface area contributed by atoms with E-state index >= 15 is 0 Å². The molecule has 1 rings (SSSR count). The van der Waals surface area contributed by atoms with Crippen molar-refractivity contribution >= 4 is 17.3 Å². The summed E-state index contributed by atoms with van der Waals surface area (Å²) >= 11 is 6.25. The van der Waals surface area contributed by atoms with Crippen LogP contribution in [0.4, 0.5) is 5.69 Å². The number of nitrogens with one attached hydrogen (secondary N) is 1. The second kappa shape index (κ2) is 6.41. The molecule has 0 spiro atoms. The Morgan fingerprint density at radius 1 is 1.39 bits per heavy atom. The molecule has 0 heterocycles. The van der Waals surface area contributed by atoms with Gasteiger partial charge in [-0.2, -0.15) is 0 Å². The molecule has 0 saturated heterocycles. The van der Waals surface area contributed by atoms with Gasteiger partial charge in [-0.1, -0.05) is 24.6 Å². The maximum Gasteiger partial charge on any atom is 0.0765 e. The molecule has 0 aliphatic carbocycles. The van der Waals surface area contributed by atoms with E-state index in [1.54, 1.807) is 13.8 Å². The monoisotopic (exact) mass is 270 g/mol. The molecule has 0 aliphatic rings. The molecule has 3 nitrogen and oxygen atoms in total. The first-order valence-corrected chi connectivity index (χ1v) is 6.64. The fourth-order valence-corrected chi connectivity index (χ4v) is 2.09. The van der Waals surface area contributed by atoms with Crippen molar-refractivity contribution in [3.63, 3.8) is 0 Å². The maximum atomic E-state index is 9.80. The zero-order valence-corrected chi connectivity index (χ0v) is 12.4. The van der Waals surface area contributed by atoms with Crippen molar-refractivity contribution in [2.24, 2.45) is 0 Å². The SMILES string of the molecule is CCNCc1ccc(N(C)CC(C)(C)O)cc1Cl. The van der Waals surface area contributed by atoms with Crippen LogP contribution in [0.2, 0.25) is 5.02 Å². The van der Waals surface area contributed by atoms with Crippen LogP contribution in [0.5, 0.6) is 0 Å². The van der Waals surface area contributed by atoms with Crippen LogP contribution in [0.25, 0.3) is 0 Å². The molecular formula is C14H23ClN2O. The summed E-state index contributed by atoms with van der Waals surface area (Å²) in [7, 11) is 1.95. The molecule has 4 heteroatoms. The van der Waals surface area contributed by atoms with Gasteiger partial charge in [-0.05, 0) is 38.1 Å². The minimum atomic E-state index is -0.719. The highest BCUT2D eigenvalue weighted by atomic mass is 35.5. The van der Waals surface area contributed by atoms with Crippen LogP contribution in [-0.2, 0) is 6.54 Å². The van der Waals surface area contributed by atoms with Crippen molar-refractivity contribution in [3.8, 4) is 0 Å². The van der Waals surface area contributed by atoms with Crippen molar-refractivity contribution in [1.29, 1.82) is 0 Å². The first kappa shape index (κ1) is 15.3. The van der Waals surface area contributed by atoms with E-state index in [1.165, 1.54) is 0 Å². The van der Waals surface area contributed by atoms with Crippen LogP contribution >= 0.6 is 11.6 Å². The lowest BCUT2D eigenvalue weighted by Crippen LogP contribution is -2.36. The maximum absolute atomic E-state index is 9.80. The molecule has 0 saturated carbocycles. The quantitative estimate of drug-likeness (QED) is 0.834. The summed E-state index contributed by atoms with van der Waals surface area (Å²) in [4.78, 5) is 2.00. The molecule has 0 amide bonds. The molecule has 0 unspecified atom stereocenters. The van der Waals surface area contributed by atoms with Gasteiger partial charge in [-0.25, -0.2) is 0 Å². The van der Waals surface area contributed by atoms with Gasteiger partial charge in [0.25, 0.3) is 0 Å². The third-order valence-corrected chi connectivity index (χ3v) is 3.02. The van der Waals surface area contributed by atoms with E-state index in [0.717, 1.165) is 29.4 Å². The Morgan fingerprint density at radius 3 is 2.56 bits per heavy atom. The summed E-state index contributed by atoms with van der Waals surface area (Å²) in [5, 5.41) is 13.8. The number of benzene rings is 1. The van der Waals surface area contributed by atoms with Gasteiger partial charge in [-0.3, -0.25) is 0 Å². The summed E-state index contributed by atoms with van der Waals surface area (Å²) < 4.78 is 0. The molecule has 0 aliphatic heterocycles. The van der Waals surface area contributed by atoms with E-state index in [-0.39, 0.29) is 0 Å². The third-order valence-electron chi connectivity index (χ3n) is 2.67. The lowest BCUT2D eigenvalue weighted by Gasteiger charge is -2.27. The number of hydrogen-bond acceptors (Lipinski definition) is 3. The Morgan fingerprint density at radius 2 is 2.06 bits per heavy atom. The Labute approximate surface area is 115 Å². The van der Waals surface area contributed by atoms with Gasteiger partial charge in [0.1, 0.15) is 0 Å². The average Bonchev–Trinajstić information content (AvgIpc) is 2.25. The van der Waals surface area contributed by atoms with Gasteiger partial charge in [0, 0.05) is 30.8 Å². The molecule has 18 heavy (non-hydrogen) atoms. The summed E-state index contributed by atoms with van der Waals surface area (Å²) in [5.74, 6) is 0. The van der Waals surface area contributed by atoms with Gasteiger partial charge in [0.05, 0.1) is 5.60 Å². The first-order valence-electron chi connectivity index (χ1n) is 6.26. The van der Waals surface area contributed by atoms with Gasteiger partial charge in [-0.15, -0.1) is 0 Å². The predicted octanol–water partition coefficient (Wildman–Crippen LogP) is 2.66. The van der Waals surface area contributed by atoms with E-state index < -0.39 is 5.60 Å². The number of anilines is 1. The second-order valence-electron chi connectivity index (χ2n) is 5.22. The molecule has 0 atom stereocenters. The molecule has 2 N–H and O–H groups in total. The molecule has 1 aromatic rings. The summed E-state index contributed by atoms with van der Waals surface area (Å²) in [6, 6.07) is 6.01. The molecule has 0 radical (unpaired) electrons. The van der Waals surface area contributed by atoms with Crippen LogP contribution in [0.15, 0.2) is 18.2 Å². The van der Waals surface area contributed by atoms with Crippen LogP contribution in [0, 0.1) is 0 Å². The molecule has 0 aromatic heterocycles. The number of halogens is 1. The number of likely N-dealkylation sites (N-methyl/N-ethyl adjacent to an activating group) is 1. The Hall–Kier alpha value is -0.770. The highest BCUT2D eigenvalue weighted by Crippen LogP contribution is 2.24. The molecule has 0 fully saturated rings. The van der Waals surface area contributed by atoms with E-state index in [1.807, 2.05) is 30.1 Å². The third kappa shape index (κ3) is 4.84. The van der Waals surface area contributed by atoms with Gasteiger partial charge in [0.2, 0.25) is 0 Å². The van der Waals surface area contributed by atoms with Crippen LogP contribution in [-0.4, -0.2) is 30.8 Å². The van der Waals surface area contributed by atoms with Crippen LogP contribution in [0.1, 0.15) is 26.3 Å². The Balaban J connectivity index is 2.77. The van der Waals surface area contributed by atoms with E-state index in [4.69, 9.17) is 11.6 Å². The van der Waals surface area contributed by atoms with Crippen molar-refractivity contribution in [3.05, 3.63) is 28.8 Å². The van der Waals surface area contributed by atoms with Crippen LogP contribution < -0.4 is 10.2 Å². The Kier molecular flexibility index (Phi) is 5.45. The normalized spacial score (nSPS) is 11.7. The minimum absolute atomic E-state index is 0.565. The number of nitrogens with zero attached hydrogens (tertiary/aromatic N) is 1. The van der Waals surface area contributed by atoms with E-state index in [9.17, 15) is 5.11 Å². The molecule has 1 aromatic carbocycles. The van der Waals surface area contributed by atoms with Crippen molar-refractivity contribution in [2.45, 2.75) is 32.9 Å². The lowest BCUT2D eigenvalue weighted by molar-refractivity contribution is 0.0886. The highest BCUT2D eigenvalue weighted by molar-refractivity contribution is 6.31. The van der Waals surface area contributed by atoms with E-state index in [2.05, 4.69) is 12.2 Å². The predicted molar refractivity (Wildman–Crippen MR) is 78.4 cm³/mol. The standard InChI is InChI=1S/C14H23ClN2O/c1-5-16-9-11-6-7-12(8-13(11)15)17(4)10-14(2,3)18/h6-8,16,18H,5,9-10H2,1-4H3. The highest BCUT2D eigenvalue weighted by Gasteiger charge is 2.16. The summed E-state index contributed by atoms with van der Waals surface area (Å²) in [6.07, 6.45) is 0. The fourth-order valence-electron chi connectivity index (χ4n) is 1.85. The van der Waals surface area contributed by atoms with Gasteiger partial charge in [0.15, 0.2) is 0 Å². The Bertz CT molecular complexity index is 388. The number of aliphatic hydroxyl groups is 1. The van der Waals surface area contributed by atoms with Crippen LogP contribution in [0.3, 0.4) is 0 Å². The number of rotatable bonds is 6. The van der Waals surface area contributed by atoms with Crippen molar-refractivity contribution in [1.82, 2.24) is 5.32 Å². The lowest BCUT2D eigenvalue weighted by atomic mass is 10.1. The average molecular weight is 271 g/mol. The summed E-state index contributed by atoms with van der Waals surface area (Å²) in [6.45, 7) is 7.94. The molecule has 0 bridgehead atoms. The zero-order valence-electron chi connectivity index (χ0n) is 11.6. The largest absolute Gasteiger partial charge is 0.389 e. The first-order chi connectivity index (χ1) is 8.33. The van der Waals surface area contributed by atoms with Gasteiger partial charge < -0.3 is 15.3 Å².